The number of hydrogen-bond donors (Lipinski definition) is 1. The summed E-state index contributed by atoms with van der Waals surface area (Å²) in [6, 6.07) is 10.8. The Balaban J connectivity index is 1.62. The van der Waals surface area contributed by atoms with E-state index in [4.69, 9.17) is 9.47 Å². The monoisotopic (exact) mass is 426 g/mol. The van der Waals surface area contributed by atoms with Crippen LogP contribution in [0.15, 0.2) is 47.6 Å². The van der Waals surface area contributed by atoms with E-state index < -0.39 is 0 Å². The predicted molar refractivity (Wildman–Crippen MR) is 111 cm³/mol. The van der Waals surface area contributed by atoms with E-state index in [1.165, 1.54) is 22.0 Å². The van der Waals surface area contributed by atoms with Gasteiger partial charge in [-0.05, 0) is 42.3 Å². The van der Waals surface area contributed by atoms with Crippen LogP contribution in [0.5, 0.6) is 11.5 Å². The number of hydrogen-bond acceptors (Lipinski definition) is 5. The van der Waals surface area contributed by atoms with Crippen molar-refractivity contribution in [1.29, 1.82) is 0 Å². The molecular formula is C22H23FN4O4. The molecule has 1 atom stereocenters. The predicted octanol–water partition coefficient (Wildman–Crippen LogP) is 2.89. The van der Waals surface area contributed by atoms with Crippen molar-refractivity contribution in [3.05, 3.63) is 59.4 Å². The highest BCUT2D eigenvalue weighted by Crippen LogP contribution is 2.39. The fraction of sp³-hybridized carbons (Fsp3) is 0.318. The lowest BCUT2D eigenvalue weighted by molar-refractivity contribution is -0.133. The van der Waals surface area contributed by atoms with Gasteiger partial charge in [0, 0.05) is 20.0 Å². The number of ether oxygens (including phenoxy) is 2. The summed E-state index contributed by atoms with van der Waals surface area (Å²) < 4.78 is 24.2. The maximum absolute atomic E-state index is 13.4. The number of halogens is 1. The number of carbonyl (C=O) groups is 2. The summed E-state index contributed by atoms with van der Waals surface area (Å²) in [6.07, 6.45) is 0.446. The molecule has 162 valence electrons. The molecule has 0 aliphatic carbocycles. The van der Waals surface area contributed by atoms with Gasteiger partial charge in [-0.2, -0.15) is 5.10 Å². The average Bonchev–Trinajstić information content (AvgIpc) is 3.41. The van der Waals surface area contributed by atoms with E-state index >= 15 is 0 Å². The highest BCUT2D eigenvalue weighted by atomic mass is 19.1. The summed E-state index contributed by atoms with van der Waals surface area (Å²) in [5.74, 6) is 0.592. The molecule has 31 heavy (non-hydrogen) atoms. The van der Waals surface area contributed by atoms with Crippen molar-refractivity contribution in [2.45, 2.75) is 19.4 Å². The van der Waals surface area contributed by atoms with Gasteiger partial charge in [0.2, 0.25) is 6.79 Å². The number of likely N-dealkylation sites (N-methyl/N-ethyl adjacent to an activating group) is 1. The van der Waals surface area contributed by atoms with Crippen molar-refractivity contribution >= 4 is 17.6 Å². The van der Waals surface area contributed by atoms with Crippen molar-refractivity contribution in [2.24, 2.45) is 5.10 Å². The van der Waals surface area contributed by atoms with Gasteiger partial charge in [0.25, 0.3) is 5.91 Å². The van der Waals surface area contributed by atoms with E-state index in [-0.39, 0.29) is 37.1 Å². The summed E-state index contributed by atoms with van der Waals surface area (Å²) in [5, 5.41) is 8.61. The van der Waals surface area contributed by atoms with Crippen LogP contribution < -0.4 is 14.8 Å². The quantitative estimate of drug-likeness (QED) is 0.797. The smallest absolute Gasteiger partial charge is 0.317 e. The third-order valence-electron chi connectivity index (χ3n) is 5.17. The van der Waals surface area contributed by atoms with Gasteiger partial charge in [-0.15, -0.1) is 0 Å². The third-order valence-corrected chi connectivity index (χ3v) is 5.17. The Morgan fingerprint density at radius 3 is 2.68 bits per heavy atom. The van der Waals surface area contributed by atoms with E-state index in [9.17, 15) is 14.0 Å². The number of amides is 3. The van der Waals surface area contributed by atoms with Crippen LogP contribution in [0.4, 0.5) is 9.18 Å². The van der Waals surface area contributed by atoms with Crippen LogP contribution in [0.25, 0.3) is 0 Å². The molecular weight excluding hydrogens is 403 g/mol. The van der Waals surface area contributed by atoms with Gasteiger partial charge in [0.1, 0.15) is 12.4 Å². The maximum atomic E-state index is 13.4. The summed E-state index contributed by atoms with van der Waals surface area (Å²) in [6.45, 7) is 2.30. The Morgan fingerprint density at radius 2 is 1.94 bits per heavy atom. The molecule has 2 aliphatic rings. The normalized spacial score (nSPS) is 16.8. The van der Waals surface area contributed by atoms with Crippen LogP contribution in [0.2, 0.25) is 0 Å². The van der Waals surface area contributed by atoms with Crippen LogP contribution in [0.3, 0.4) is 0 Å². The molecule has 0 spiro atoms. The highest BCUT2D eigenvalue weighted by Gasteiger charge is 2.34. The Labute approximate surface area is 179 Å². The second kappa shape index (κ2) is 8.63. The van der Waals surface area contributed by atoms with E-state index in [2.05, 4.69) is 10.4 Å². The molecule has 1 unspecified atom stereocenters. The minimum Gasteiger partial charge on any atom is -0.454 e. The molecule has 0 radical (unpaired) electrons. The highest BCUT2D eigenvalue weighted by molar-refractivity contribution is 6.03. The molecule has 0 aromatic heterocycles. The first-order chi connectivity index (χ1) is 15.0. The molecule has 0 saturated carbocycles. The number of nitrogens with zero attached hydrogens (tertiary/aromatic N) is 3. The maximum Gasteiger partial charge on any atom is 0.317 e. The zero-order chi connectivity index (χ0) is 22.0. The van der Waals surface area contributed by atoms with Crippen LogP contribution in [-0.2, 0) is 4.79 Å². The van der Waals surface area contributed by atoms with Gasteiger partial charge in [-0.3, -0.25) is 4.79 Å². The molecule has 2 aromatic carbocycles. The van der Waals surface area contributed by atoms with Crippen LogP contribution in [-0.4, -0.2) is 54.5 Å². The van der Waals surface area contributed by atoms with Gasteiger partial charge in [0.05, 0.1) is 11.8 Å². The number of benzene rings is 2. The molecule has 3 amide bonds. The third kappa shape index (κ3) is 4.30. The van der Waals surface area contributed by atoms with Gasteiger partial charge in [-0.1, -0.05) is 18.2 Å². The van der Waals surface area contributed by atoms with Crippen molar-refractivity contribution < 1.29 is 23.5 Å². The van der Waals surface area contributed by atoms with Crippen LogP contribution in [0.1, 0.15) is 30.5 Å². The Morgan fingerprint density at radius 1 is 1.19 bits per heavy atom. The second-order valence-electron chi connectivity index (χ2n) is 7.32. The van der Waals surface area contributed by atoms with Crippen molar-refractivity contribution in [1.82, 2.24) is 15.2 Å². The Bertz CT molecular complexity index is 1020. The number of nitrogens with one attached hydrogen (secondary N) is 1. The lowest BCUT2D eigenvalue weighted by atomic mass is 9.98. The second-order valence-corrected chi connectivity index (χ2v) is 7.32. The average molecular weight is 426 g/mol. The fourth-order valence-corrected chi connectivity index (χ4v) is 3.57. The topological polar surface area (TPSA) is 83.5 Å². The number of hydrazone groups is 1. The van der Waals surface area contributed by atoms with E-state index in [0.29, 0.717) is 30.2 Å². The zero-order valence-corrected chi connectivity index (χ0v) is 17.3. The minimum absolute atomic E-state index is 0.132. The molecule has 1 N–H and O–H groups in total. The van der Waals surface area contributed by atoms with Crippen LogP contribution >= 0.6 is 0 Å². The molecule has 0 saturated heterocycles. The fourth-order valence-electron chi connectivity index (χ4n) is 3.57. The zero-order valence-electron chi connectivity index (χ0n) is 17.3. The Hall–Kier alpha value is -3.62. The summed E-state index contributed by atoms with van der Waals surface area (Å²) in [4.78, 5) is 26.4. The summed E-state index contributed by atoms with van der Waals surface area (Å²) >= 11 is 0. The van der Waals surface area contributed by atoms with Crippen LogP contribution in [0, 0.1) is 5.82 Å². The molecule has 0 fully saturated rings. The summed E-state index contributed by atoms with van der Waals surface area (Å²) in [7, 11) is 1.55. The summed E-state index contributed by atoms with van der Waals surface area (Å²) in [5.41, 5.74) is 2.23. The minimum atomic E-state index is -0.385. The van der Waals surface area contributed by atoms with E-state index in [1.807, 2.05) is 19.1 Å². The molecule has 2 aliphatic heterocycles. The number of fused-ring (bicyclic) bond motifs is 1. The molecule has 2 aromatic rings. The molecule has 0 bridgehead atoms. The largest absolute Gasteiger partial charge is 0.454 e. The number of carbonyl (C=O) groups excluding carboxylic acids is 2. The molecule has 4 rings (SSSR count). The molecule has 2 heterocycles. The first-order valence-corrected chi connectivity index (χ1v) is 10.00. The molecule has 9 heteroatoms. The lowest BCUT2D eigenvalue weighted by Gasteiger charge is -2.25. The first kappa shape index (κ1) is 20.6. The van der Waals surface area contributed by atoms with Crippen molar-refractivity contribution in [3.63, 3.8) is 0 Å². The van der Waals surface area contributed by atoms with Gasteiger partial charge in [-0.25, -0.2) is 14.2 Å². The Kier molecular flexibility index (Phi) is 5.75. The van der Waals surface area contributed by atoms with E-state index in [1.54, 1.807) is 25.2 Å². The lowest BCUT2D eigenvalue weighted by Crippen LogP contribution is -2.43. The number of rotatable bonds is 5. The van der Waals surface area contributed by atoms with Gasteiger partial charge < -0.3 is 19.7 Å². The standard InChI is InChI=1S/C22H23FN4O4/c1-3-24-22(29)26(2)12-21(28)27-18(15-6-9-19-20(10-15)31-13-30-19)11-17(25-27)14-4-7-16(23)8-5-14/h4-10,18H,3,11-13H2,1-2H3,(H,24,29). The van der Waals surface area contributed by atoms with Crippen molar-refractivity contribution in [2.75, 3.05) is 26.9 Å². The molecule has 8 nitrogen and oxygen atoms in total. The van der Waals surface area contributed by atoms with Gasteiger partial charge in [0.15, 0.2) is 11.5 Å². The number of urea groups is 1. The van der Waals surface area contributed by atoms with Crippen molar-refractivity contribution in [3.8, 4) is 11.5 Å². The SMILES string of the molecule is CCNC(=O)N(C)CC(=O)N1N=C(c2ccc(F)cc2)CC1c1ccc2c(c1)OCO2. The first-order valence-electron chi connectivity index (χ1n) is 10.00. The van der Waals surface area contributed by atoms with E-state index in [0.717, 1.165) is 11.1 Å². The van der Waals surface area contributed by atoms with Gasteiger partial charge >= 0.3 is 6.03 Å².